The number of aromatic carboxylic acids is 1. The number of hydrogen-bond acceptors (Lipinski definition) is 3. The zero-order chi connectivity index (χ0) is 13.9. The van der Waals surface area contributed by atoms with Gasteiger partial charge in [0.25, 0.3) is 0 Å². The van der Waals surface area contributed by atoms with Gasteiger partial charge in [-0.1, -0.05) is 0 Å². The molecule has 2 aliphatic rings. The average Bonchev–Trinajstić information content (AvgIpc) is 2.44. The Bertz CT molecular complexity index is 459. The summed E-state index contributed by atoms with van der Waals surface area (Å²) < 4.78 is 6.06. The van der Waals surface area contributed by atoms with Gasteiger partial charge in [-0.25, -0.2) is 4.79 Å². The van der Waals surface area contributed by atoms with E-state index in [2.05, 4.69) is 4.90 Å². The van der Waals surface area contributed by atoms with Gasteiger partial charge in [0.05, 0.1) is 17.8 Å². The minimum atomic E-state index is -0.871. The van der Waals surface area contributed by atoms with E-state index in [0.717, 1.165) is 31.6 Å². The van der Waals surface area contributed by atoms with Crippen molar-refractivity contribution >= 4 is 11.7 Å². The fraction of sp³-hybridized carbons (Fsp3) is 0.562. The molecule has 0 amide bonds. The lowest BCUT2D eigenvalue weighted by Crippen LogP contribution is -2.39. The van der Waals surface area contributed by atoms with Crippen LogP contribution in [0.1, 0.15) is 42.5 Å². The van der Waals surface area contributed by atoms with Crippen LogP contribution in [0.3, 0.4) is 0 Å². The number of carboxylic acids is 1. The third-order valence-corrected chi connectivity index (χ3v) is 4.36. The molecule has 1 N–H and O–H groups in total. The van der Waals surface area contributed by atoms with Gasteiger partial charge in [0.2, 0.25) is 0 Å². The summed E-state index contributed by atoms with van der Waals surface area (Å²) in [6.07, 6.45) is 6.85. The average molecular weight is 275 g/mol. The summed E-state index contributed by atoms with van der Waals surface area (Å²) in [4.78, 5) is 13.1. The van der Waals surface area contributed by atoms with Gasteiger partial charge in [-0.2, -0.15) is 0 Å². The van der Waals surface area contributed by atoms with Gasteiger partial charge in [-0.3, -0.25) is 0 Å². The Balaban J connectivity index is 1.53. The maximum Gasteiger partial charge on any atom is 0.335 e. The first-order valence-corrected chi connectivity index (χ1v) is 7.46. The van der Waals surface area contributed by atoms with Crippen LogP contribution < -0.4 is 4.90 Å². The van der Waals surface area contributed by atoms with Gasteiger partial charge in [0.1, 0.15) is 0 Å². The quantitative estimate of drug-likeness (QED) is 0.918. The minimum absolute atomic E-state index is 0.344. The largest absolute Gasteiger partial charge is 0.478 e. The van der Waals surface area contributed by atoms with Gasteiger partial charge in [0.15, 0.2) is 0 Å². The molecule has 0 bridgehead atoms. The zero-order valence-corrected chi connectivity index (χ0v) is 11.6. The highest BCUT2D eigenvalue weighted by Crippen LogP contribution is 2.28. The zero-order valence-electron chi connectivity index (χ0n) is 11.6. The second-order valence-electron chi connectivity index (χ2n) is 5.73. The van der Waals surface area contributed by atoms with Crippen molar-refractivity contribution in [1.82, 2.24) is 0 Å². The predicted molar refractivity (Wildman–Crippen MR) is 77.4 cm³/mol. The number of rotatable bonds is 4. The molecule has 0 unspecified atom stereocenters. The van der Waals surface area contributed by atoms with Crippen molar-refractivity contribution in [2.24, 2.45) is 0 Å². The van der Waals surface area contributed by atoms with Crippen LogP contribution in [0, 0.1) is 0 Å². The van der Waals surface area contributed by atoms with E-state index in [0.29, 0.717) is 17.8 Å². The highest BCUT2D eigenvalue weighted by molar-refractivity contribution is 5.88. The fourth-order valence-electron chi connectivity index (χ4n) is 2.84. The van der Waals surface area contributed by atoms with Crippen LogP contribution in [-0.4, -0.2) is 36.4 Å². The molecule has 4 heteroatoms. The molecule has 108 valence electrons. The maximum atomic E-state index is 10.8. The molecule has 0 atom stereocenters. The Kier molecular flexibility index (Phi) is 3.92. The molecule has 1 aromatic rings. The number of carbonyl (C=O) groups is 1. The first-order chi connectivity index (χ1) is 9.72. The number of hydrogen-bond donors (Lipinski definition) is 1. The maximum absolute atomic E-state index is 10.8. The van der Waals surface area contributed by atoms with E-state index in [9.17, 15) is 4.79 Å². The van der Waals surface area contributed by atoms with Crippen LogP contribution in [0.25, 0.3) is 0 Å². The Labute approximate surface area is 119 Å². The van der Waals surface area contributed by atoms with Crippen LogP contribution in [0.2, 0.25) is 0 Å². The summed E-state index contributed by atoms with van der Waals surface area (Å²) >= 11 is 0. The summed E-state index contributed by atoms with van der Waals surface area (Å²) in [7, 11) is 0. The Morgan fingerprint density at radius 2 is 1.65 bits per heavy atom. The Morgan fingerprint density at radius 3 is 2.15 bits per heavy atom. The van der Waals surface area contributed by atoms with Crippen molar-refractivity contribution < 1.29 is 14.6 Å². The summed E-state index contributed by atoms with van der Waals surface area (Å²) in [5.41, 5.74) is 1.45. The molecule has 4 nitrogen and oxygen atoms in total. The molecular formula is C16H21NO3. The molecule has 3 rings (SSSR count). The summed E-state index contributed by atoms with van der Waals surface area (Å²) in [6, 6.07) is 7.15. The Morgan fingerprint density at radius 1 is 1.05 bits per heavy atom. The molecule has 0 radical (unpaired) electrons. The second kappa shape index (κ2) is 5.83. The standard InChI is InChI=1S/C16H21NO3/c18-16(19)12-4-6-13(7-5-12)17-10-8-15(9-11-17)20-14-2-1-3-14/h4-7,14-15H,1-3,8-11H2,(H,18,19). The molecule has 1 aliphatic heterocycles. The van der Waals surface area contributed by atoms with E-state index in [-0.39, 0.29) is 0 Å². The SMILES string of the molecule is O=C(O)c1ccc(N2CCC(OC3CCC3)CC2)cc1. The molecule has 1 aliphatic carbocycles. The minimum Gasteiger partial charge on any atom is -0.478 e. The van der Waals surface area contributed by atoms with E-state index in [4.69, 9.17) is 9.84 Å². The summed E-state index contributed by atoms with van der Waals surface area (Å²) in [5, 5.41) is 8.90. The molecule has 1 saturated carbocycles. The second-order valence-corrected chi connectivity index (χ2v) is 5.73. The van der Waals surface area contributed by atoms with E-state index >= 15 is 0 Å². The molecule has 1 saturated heterocycles. The number of ether oxygens (including phenoxy) is 1. The lowest BCUT2D eigenvalue weighted by Gasteiger charge is -2.37. The molecule has 2 fully saturated rings. The molecule has 20 heavy (non-hydrogen) atoms. The molecule has 0 spiro atoms. The molecule has 1 heterocycles. The Hall–Kier alpha value is -1.55. The highest BCUT2D eigenvalue weighted by Gasteiger charge is 2.26. The van der Waals surface area contributed by atoms with Crippen molar-refractivity contribution in [2.75, 3.05) is 18.0 Å². The lowest BCUT2D eigenvalue weighted by atomic mass is 9.95. The topological polar surface area (TPSA) is 49.8 Å². The molecule has 1 aromatic carbocycles. The predicted octanol–water partition coefficient (Wildman–Crippen LogP) is 2.92. The highest BCUT2D eigenvalue weighted by atomic mass is 16.5. The van der Waals surface area contributed by atoms with Crippen molar-refractivity contribution in [3.63, 3.8) is 0 Å². The molecular weight excluding hydrogens is 254 g/mol. The van der Waals surface area contributed by atoms with Crippen molar-refractivity contribution in [1.29, 1.82) is 0 Å². The van der Waals surface area contributed by atoms with E-state index in [1.54, 1.807) is 12.1 Å². The van der Waals surface area contributed by atoms with Crippen LogP contribution in [0.5, 0.6) is 0 Å². The van der Waals surface area contributed by atoms with Gasteiger partial charge in [0, 0.05) is 18.8 Å². The van der Waals surface area contributed by atoms with Crippen LogP contribution >= 0.6 is 0 Å². The van der Waals surface area contributed by atoms with Crippen molar-refractivity contribution in [3.8, 4) is 0 Å². The van der Waals surface area contributed by atoms with Gasteiger partial charge < -0.3 is 14.7 Å². The lowest BCUT2D eigenvalue weighted by molar-refractivity contribution is -0.0596. The summed E-state index contributed by atoms with van der Waals surface area (Å²) in [5.74, 6) is -0.871. The van der Waals surface area contributed by atoms with Crippen molar-refractivity contribution in [2.45, 2.75) is 44.3 Å². The normalized spacial score (nSPS) is 20.7. The van der Waals surface area contributed by atoms with Gasteiger partial charge >= 0.3 is 5.97 Å². The van der Waals surface area contributed by atoms with Crippen molar-refractivity contribution in [3.05, 3.63) is 29.8 Å². The first-order valence-electron chi connectivity index (χ1n) is 7.46. The summed E-state index contributed by atoms with van der Waals surface area (Å²) in [6.45, 7) is 1.98. The number of benzene rings is 1. The first kappa shape index (κ1) is 13.4. The van der Waals surface area contributed by atoms with Crippen LogP contribution in [0.4, 0.5) is 5.69 Å². The third kappa shape index (κ3) is 2.96. The van der Waals surface area contributed by atoms with Gasteiger partial charge in [-0.15, -0.1) is 0 Å². The third-order valence-electron chi connectivity index (χ3n) is 4.36. The molecule has 0 aromatic heterocycles. The smallest absolute Gasteiger partial charge is 0.335 e. The van der Waals surface area contributed by atoms with Crippen LogP contribution in [-0.2, 0) is 4.74 Å². The number of piperidine rings is 1. The number of anilines is 1. The van der Waals surface area contributed by atoms with E-state index in [1.807, 2.05) is 12.1 Å². The monoisotopic (exact) mass is 275 g/mol. The van der Waals surface area contributed by atoms with Gasteiger partial charge in [-0.05, 0) is 56.4 Å². The van der Waals surface area contributed by atoms with Crippen LogP contribution in [0.15, 0.2) is 24.3 Å². The van der Waals surface area contributed by atoms with E-state index in [1.165, 1.54) is 19.3 Å². The number of nitrogens with zero attached hydrogens (tertiary/aromatic N) is 1. The fourth-order valence-corrected chi connectivity index (χ4v) is 2.84. The van der Waals surface area contributed by atoms with E-state index < -0.39 is 5.97 Å². The number of carboxylic acid groups (broad SMARTS) is 1.